The minimum Gasteiger partial charge on any atom is -0.478 e. The molecule has 0 radical (unpaired) electrons. The third-order valence-electron chi connectivity index (χ3n) is 5.12. The Morgan fingerprint density at radius 1 is 1.14 bits per heavy atom. The van der Waals surface area contributed by atoms with E-state index in [1.165, 1.54) is 36.8 Å². The molecule has 3 aliphatic rings. The first-order valence-electron chi connectivity index (χ1n) is 8.16. The van der Waals surface area contributed by atoms with Crippen molar-refractivity contribution >= 4 is 0 Å². The van der Waals surface area contributed by atoms with E-state index in [1.54, 1.807) is 0 Å². The van der Waals surface area contributed by atoms with Crippen molar-refractivity contribution in [1.29, 1.82) is 0 Å². The highest BCUT2D eigenvalue weighted by molar-refractivity contribution is 5.38. The number of rotatable bonds is 2. The van der Waals surface area contributed by atoms with Crippen LogP contribution in [0.5, 0.6) is 5.75 Å². The molecule has 2 aliphatic heterocycles. The zero-order chi connectivity index (χ0) is 14.1. The Bertz CT molecular complexity index is 506. The summed E-state index contributed by atoms with van der Waals surface area (Å²) in [7, 11) is 0. The van der Waals surface area contributed by atoms with E-state index in [2.05, 4.69) is 28.8 Å². The Hall–Kier alpha value is -1.10. The summed E-state index contributed by atoms with van der Waals surface area (Å²) in [5.41, 5.74) is 2.75. The second-order valence-corrected chi connectivity index (χ2v) is 6.60. The molecule has 3 atom stereocenters. The van der Waals surface area contributed by atoms with Crippen molar-refractivity contribution in [1.82, 2.24) is 10.6 Å². The molecule has 1 saturated carbocycles. The largest absolute Gasteiger partial charge is 0.478 e. The average Bonchev–Trinajstić information content (AvgIpc) is 2.55. The molecular formula is C17H24N2O2. The van der Waals surface area contributed by atoms with Crippen molar-refractivity contribution in [2.24, 2.45) is 11.8 Å². The fraction of sp³-hybridized carbons (Fsp3) is 0.647. The van der Waals surface area contributed by atoms with Crippen LogP contribution in [0.4, 0.5) is 0 Å². The summed E-state index contributed by atoms with van der Waals surface area (Å²) in [6.45, 7) is 3.42. The van der Waals surface area contributed by atoms with Gasteiger partial charge in [0.1, 0.15) is 12.5 Å². The molecule has 1 saturated heterocycles. The van der Waals surface area contributed by atoms with Crippen LogP contribution in [0.25, 0.3) is 0 Å². The van der Waals surface area contributed by atoms with E-state index in [0.717, 1.165) is 31.5 Å². The lowest BCUT2D eigenvalue weighted by atomic mass is 9.76. The van der Waals surface area contributed by atoms with Crippen molar-refractivity contribution in [3.8, 4) is 5.75 Å². The molecule has 1 aromatic carbocycles. The van der Waals surface area contributed by atoms with E-state index in [9.17, 15) is 0 Å². The highest BCUT2D eigenvalue weighted by atomic mass is 16.5. The minimum absolute atomic E-state index is 0.503. The van der Waals surface area contributed by atoms with Gasteiger partial charge in [-0.15, -0.1) is 0 Å². The monoisotopic (exact) mass is 288 g/mol. The fourth-order valence-corrected chi connectivity index (χ4v) is 4.05. The first kappa shape index (κ1) is 13.6. The molecule has 1 aliphatic carbocycles. The van der Waals surface area contributed by atoms with E-state index in [4.69, 9.17) is 9.47 Å². The molecule has 21 heavy (non-hydrogen) atoms. The maximum absolute atomic E-state index is 5.82. The van der Waals surface area contributed by atoms with Crippen LogP contribution < -0.4 is 15.4 Å². The zero-order valence-corrected chi connectivity index (χ0v) is 12.4. The molecule has 0 amide bonds. The smallest absolute Gasteiger partial charge is 0.139 e. The molecular weight excluding hydrogens is 264 g/mol. The quantitative estimate of drug-likeness (QED) is 0.874. The number of hydrogen-bond donors (Lipinski definition) is 2. The van der Waals surface area contributed by atoms with E-state index >= 15 is 0 Å². The number of ether oxygens (including phenoxy) is 2. The van der Waals surface area contributed by atoms with Crippen LogP contribution >= 0.6 is 0 Å². The lowest BCUT2D eigenvalue weighted by molar-refractivity contribution is -0.0620. The first-order valence-corrected chi connectivity index (χ1v) is 8.16. The second-order valence-electron chi connectivity index (χ2n) is 6.60. The van der Waals surface area contributed by atoms with Crippen molar-refractivity contribution in [3.63, 3.8) is 0 Å². The SMILES string of the molecule is c1cc2c(cc1CC1CCC3OCNCC3C1)CNCO2. The minimum atomic E-state index is 0.503. The van der Waals surface area contributed by atoms with E-state index in [-0.39, 0.29) is 0 Å². The van der Waals surface area contributed by atoms with Crippen LogP contribution in [-0.2, 0) is 17.7 Å². The van der Waals surface area contributed by atoms with Gasteiger partial charge in [0.05, 0.1) is 12.8 Å². The lowest BCUT2D eigenvalue weighted by Gasteiger charge is -2.39. The summed E-state index contributed by atoms with van der Waals surface area (Å²) >= 11 is 0. The highest BCUT2D eigenvalue weighted by Crippen LogP contribution is 2.35. The number of fused-ring (bicyclic) bond motifs is 2. The molecule has 4 nitrogen and oxygen atoms in total. The molecule has 4 heteroatoms. The van der Waals surface area contributed by atoms with Crippen molar-refractivity contribution in [2.75, 3.05) is 20.0 Å². The Morgan fingerprint density at radius 3 is 3.14 bits per heavy atom. The van der Waals surface area contributed by atoms with Gasteiger partial charge < -0.3 is 9.47 Å². The van der Waals surface area contributed by atoms with Gasteiger partial charge in [-0.25, -0.2) is 0 Å². The summed E-state index contributed by atoms with van der Waals surface area (Å²) in [4.78, 5) is 0. The summed E-state index contributed by atoms with van der Waals surface area (Å²) in [5.74, 6) is 2.55. The van der Waals surface area contributed by atoms with Crippen LogP contribution in [0.3, 0.4) is 0 Å². The summed E-state index contributed by atoms with van der Waals surface area (Å²) in [6.07, 6.45) is 5.52. The molecule has 0 aromatic heterocycles. The fourth-order valence-electron chi connectivity index (χ4n) is 4.05. The molecule has 0 bridgehead atoms. The molecule has 2 heterocycles. The Balaban J connectivity index is 1.41. The van der Waals surface area contributed by atoms with Gasteiger partial charge >= 0.3 is 0 Å². The summed E-state index contributed by atoms with van der Waals surface area (Å²) < 4.78 is 11.4. The predicted octanol–water partition coefficient (Wildman–Crippen LogP) is 2.03. The highest BCUT2D eigenvalue weighted by Gasteiger charge is 2.33. The van der Waals surface area contributed by atoms with Gasteiger partial charge in [0, 0.05) is 18.7 Å². The van der Waals surface area contributed by atoms with Gasteiger partial charge in [-0.2, -0.15) is 0 Å². The molecule has 3 unspecified atom stereocenters. The van der Waals surface area contributed by atoms with Crippen LogP contribution in [0.1, 0.15) is 30.4 Å². The Labute approximate surface area is 126 Å². The molecule has 2 fully saturated rings. The van der Waals surface area contributed by atoms with Gasteiger partial charge in [0.2, 0.25) is 0 Å². The zero-order valence-electron chi connectivity index (χ0n) is 12.4. The van der Waals surface area contributed by atoms with Gasteiger partial charge in [-0.05, 0) is 49.1 Å². The third-order valence-corrected chi connectivity index (χ3v) is 5.12. The molecule has 4 rings (SSSR count). The van der Waals surface area contributed by atoms with Crippen LogP contribution in [-0.4, -0.2) is 26.1 Å². The molecule has 1 aromatic rings. The van der Waals surface area contributed by atoms with Gasteiger partial charge in [-0.3, -0.25) is 10.6 Å². The number of hydrogen-bond acceptors (Lipinski definition) is 4. The summed E-state index contributed by atoms with van der Waals surface area (Å²) in [6, 6.07) is 6.71. The standard InChI is InChI=1S/C17H24N2O2/c1-3-16-14(8-18-10-20-16)6-12(1)5-13-2-4-17-15(7-13)9-19-11-21-17/h1,3,6,13,15,17-19H,2,4-5,7-11H2. The van der Waals surface area contributed by atoms with E-state index < -0.39 is 0 Å². The van der Waals surface area contributed by atoms with Gasteiger partial charge in [-0.1, -0.05) is 12.1 Å². The summed E-state index contributed by atoms with van der Waals surface area (Å²) in [5, 5.41) is 6.62. The number of nitrogens with one attached hydrogen (secondary N) is 2. The second kappa shape index (κ2) is 5.95. The van der Waals surface area contributed by atoms with Gasteiger partial charge in [0.25, 0.3) is 0 Å². The molecule has 0 spiro atoms. The maximum atomic E-state index is 5.82. The van der Waals surface area contributed by atoms with E-state index in [0.29, 0.717) is 18.8 Å². The Kier molecular flexibility index (Phi) is 3.84. The van der Waals surface area contributed by atoms with Gasteiger partial charge in [0.15, 0.2) is 0 Å². The van der Waals surface area contributed by atoms with Crippen LogP contribution in [0.2, 0.25) is 0 Å². The maximum Gasteiger partial charge on any atom is 0.139 e. The third kappa shape index (κ3) is 2.93. The van der Waals surface area contributed by atoms with Crippen molar-refractivity contribution in [3.05, 3.63) is 29.3 Å². The topological polar surface area (TPSA) is 42.5 Å². The normalized spacial score (nSPS) is 31.9. The van der Waals surface area contributed by atoms with E-state index in [1.807, 2.05) is 0 Å². The number of benzene rings is 1. The lowest BCUT2D eigenvalue weighted by Crippen LogP contribution is -2.45. The predicted molar refractivity (Wildman–Crippen MR) is 81.1 cm³/mol. The molecule has 2 N–H and O–H groups in total. The Morgan fingerprint density at radius 2 is 2.14 bits per heavy atom. The first-order chi connectivity index (χ1) is 10.4. The van der Waals surface area contributed by atoms with Crippen LogP contribution in [0, 0.1) is 11.8 Å². The molecule has 114 valence electrons. The van der Waals surface area contributed by atoms with Crippen molar-refractivity contribution in [2.45, 2.75) is 38.3 Å². The van der Waals surface area contributed by atoms with Crippen molar-refractivity contribution < 1.29 is 9.47 Å². The average molecular weight is 288 g/mol. The van der Waals surface area contributed by atoms with Crippen LogP contribution in [0.15, 0.2) is 18.2 Å².